The first-order valence-electron chi connectivity index (χ1n) is 8.63. The highest BCUT2D eigenvalue weighted by Gasteiger charge is 2.31. The van der Waals surface area contributed by atoms with Crippen LogP contribution < -0.4 is 9.47 Å². The molecule has 0 saturated carbocycles. The molecule has 2 aromatic carbocycles. The molecule has 0 aliphatic carbocycles. The van der Waals surface area contributed by atoms with Crippen LogP contribution in [0.5, 0.6) is 11.5 Å². The Kier molecular flexibility index (Phi) is 5.79. The van der Waals surface area contributed by atoms with Gasteiger partial charge in [0.05, 0.1) is 30.8 Å². The Morgan fingerprint density at radius 3 is 2.36 bits per heavy atom. The number of alkyl halides is 3. The molecule has 1 aromatic heterocycles. The Hall–Kier alpha value is -2.74. The van der Waals surface area contributed by atoms with E-state index in [0.29, 0.717) is 41.3 Å². The zero-order valence-electron chi connectivity index (χ0n) is 15.8. The molecule has 0 radical (unpaired) electrons. The van der Waals surface area contributed by atoms with Crippen LogP contribution in [0.3, 0.4) is 0 Å². The summed E-state index contributed by atoms with van der Waals surface area (Å²) in [6, 6.07) is 9.24. The minimum atomic E-state index is -4.40. The number of aryl methyl sites for hydroxylation is 2. The quantitative estimate of drug-likeness (QED) is 0.594. The number of halogens is 3. The van der Waals surface area contributed by atoms with Crippen molar-refractivity contribution in [2.45, 2.75) is 25.7 Å². The molecule has 3 rings (SSSR count). The number of fused-ring (bicyclic) bond motifs is 1. The number of hydrogen-bond acceptors (Lipinski definition) is 4. The van der Waals surface area contributed by atoms with Gasteiger partial charge in [-0.25, -0.2) is 4.98 Å². The number of benzene rings is 2. The Bertz CT molecular complexity index is 967. The molecule has 0 fully saturated rings. The molecule has 8 heteroatoms. The number of ether oxygens (including phenoxy) is 3. The van der Waals surface area contributed by atoms with Gasteiger partial charge < -0.3 is 18.8 Å². The van der Waals surface area contributed by atoms with E-state index in [-0.39, 0.29) is 6.61 Å². The summed E-state index contributed by atoms with van der Waals surface area (Å²) in [6.45, 7) is 0.748. The molecular weight excluding hydrogens is 373 g/mol. The molecule has 1 heterocycles. The molecule has 0 N–H and O–H groups in total. The molecule has 5 nitrogen and oxygen atoms in total. The molecule has 150 valence electrons. The fraction of sp³-hybridized carbons (Fsp3) is 0.350. The summed E-state index contributed by atoms with van der Waals surface area (Å²) in [5.74, 6) is 1.85. The van der Waals surface area contributed by atoms with Crippen LogP contribution in [-0.2, 0) is 30.5 Å². The third kappa shape index (κ3) is 4.06. The van der Waals surface area contributed by atoms with Crippen molar-refractivity contribution in [2.24, 2.45) is 0 Å². The molecule has 3 aromatic rings. The van der Waals surface area contributed by atoms with Crippen LogP contribution in [0.2, 0.25) is 0 Å². The molecular formula is C20H21F3N2O3. The third-order valence-electron chi connectivity index (χ3n) is 4.50. The summed E-state index contributed by atoms with van der Waals surface area (Å²) in [5, 5.41) is 0. The van der Waals surface area contributed by atoms with Crippen molar-refractivity contribution in [1.82, 2.24) is 9.55 Å². The average molecular weight is 394 g/mol. The van der Waals surface area contributed by atoms with E-state index in [2.05, 4.69) is 4.98 Å². The maximum Gasteiger partial charge on any atom is 0.416 e. The van der Waals surface area contributed by atoms with Crippen LogP contribution in [0, 0.1) is 0 Å². The van der Waals surface area contributed by atoms with Gasteiger partial charge in [0.15, 0.2) is 11.5 Å². The van der Waals surface area contributed by atoms with Gasteiger partial charge in [0.1, 0.15) is 12.4 Å². The Balaban J connectivity index is 1.92. The Morgan fingerprint density at radius 1 is 0.964 bits per heavy atom. The van der Waals surface area contributed by atoms with E-state index in [1.165, 1.54) is 13.2 Å². The van der Waals surface area contributed by atoms with Crippen LogP contribution >= 0.6 is 0 Å². The number of rotatable bonds is 7. The second-order valence-electron chi connectivity index (χ2n) is 6.25. The average Bonchev–Trinajstić information content (AvgIpc) is 3.02. The summed E-state index contributed by atoms with van der Waals surface area (Å²) in [5.41, 5.74) is 1.23. The first kappa shape index (κ1) is 20.0. The topological polar surface area (TPSA) is 45.5 Å². The summed E-state index contributed by atoms with van der Waals surface area (Å²) in [6.07, 6.45) is -3.76. The monoisotopic (exact) mass is 394 g/mol. The van der Waals surface area contributed by atoms with Crippen molar-refractivity contribution < 1.29 is 27.4 Å². The lowest BCUT2D eigenvalue weighted by atomic mass is 10.1. The first-order valence-corrected chi connectivity index (χ1v) is 8.63. The lowest BCUT2D eigenvalue weighted by Crippen LogP contribution is -2.08. The number of hydrogen-bond donors (Lipinski definition) is 0. The largest absolute Gasteiger partial charge is 0.493 e. The van der Waals surface area contributed by atoms with Gasteiger partial charge in [-0.3, -0.25) is 0 Å². The predicted molar refractivity (Wildman–Crippen MR) is 98.7 cm³/mol. The van der Waals surface area contributed by atoms with Gasteiger partial charge in [0.25, 0.3) is 0 Å². The van der Waals surface area contributed by atoms with E-state index in [0.717, 1.165) is 17.7 Å². The zero-order chi connectivity index (χ0) is 20.3. The predicted octanol–water partition coefficient (Wildman–Crippen LogP) is 4.46. The van der Waals surface area contributed by atoms with Crippen LogP contribution in [0.4, 0.5) is 13.2 Å². The van der Waals surface area contributed by atoms with Crippen LogP contribution in [0.25, 0.3) is 11.0 Å². The maximum absolute atomic E-state index is 13.0. The minimum Gasteiger partial charge on any atom is -0.493 e. The highest BCUT2D eigenvalue weighted by Crippen LogP contribution is 2.32. The van der Waals surface area contributed by atoms with E-state index in [4.69, 9.17) is 14.2 Å². The normalized spacial score (nSPS) is 11.8. The van der Waals surface area contributed by atoms with Crippen molar-refractivity contribution in [2.75, 3.05) is 21.3 Å². The summed E-state index contributed by atoms with van der Waals surface area (Å²) in [4.78, 5) is 4.34. The van der Waals surface area contributed by atoms with Crippen LogP contribution in [-0.4, -0.2) is 30.9 Å². The van der Waals surface area contributed by atoms with E-state index >= 15 is 0 Å². The fourth-order valence-electron chi connectivity index (χ4n) is 3.12. The molecule has 0 amide bonds. The molecule has 0 spiro atoms. The van der Waals surface area contributed by atoms with Crippen molar-refractivity contribution >= 4 is 11.0 Å². The van der Waals surface area contributed by atoms with Gasteiger partial charge in [-0.2, -0.15) is 13.2 Å². The van der Waals surface area contributed by atoms with Gasteiger partial charge in [0, 0.05) is 13.7 Å². The number of methoxy groups -OCH3 is 3. The van der Waals surface area contributed by atoms with E-state index < -0.39 is 11.7 Å². The Morgan fingerprint density at radius 2 is 1.71 bits per heavy atom. The second kappa shape index (κ2) is 8.10. The van der Waals surface area contributed by atoms with E-state index in [9.17, 15) is 13.2 Å². The van der Waals surface area contributed by atoms with Gasteiger partial charge in [-0.05, 0) is 42.3 Å². The zero-order valence-corrected chi connectivity index (χ0v) is 15.8. The molecule has 0 bridgehead atoms. The molecule has 28 heavy (non-hydrogen) atoms. The molecule has 0 saturated heterocycles. The summed E-state index contributed by atoms with van der Waals surface area (Å²) < 4.78 is 56.6. The summed E-state index contributed by atoms with van der Waals surface area (Å²) in [7, 11) is 4.67. The lowest BCUT2D eigenvalue weighted by molar-refractivity contribution is -0.137. The van der Waals surface area contributed by atoms with Crippen LogP contribution in [0.15, 0.2) is 36.4 Å². The van der Waals surface area contributed by atoms with Crippen molar-refractivity contribution in [3.8, 4) is 11.5 Å². The van der Waals surface area contributed by atoms with Gasteiger partial charge >= 0.3 is 6.18 Å². The van der Waals surface area contributed by atoms with Gasteiger partial charge in [-0.15, -0.1) is 0 Å². The van der Waals surface area contributed by atoms with E-state index in [1.807, 2.05) is 22.8 Å². The second-order valence-corrected chi connectivity index (χ2v) is 6.25. The molecule has 0 atom stereocenters. The number of aromatic nitrogens is 2. The molecule has 0 unspecified atom stereocenters. The highest BCUT2D eigenvalue weighted by atomic mass is 19.4. The van der Waals surface area contributed by atoms with Crippen molar-refractivity contribution in [3.63, 3.8) is 0 Å². The maximum atomic E-state index is 13.0. The Labute approximate surface area is 160 Å². The van der Waals surface area contributed by atoms with E-state index in [1.54, 1.807) is 14.2 Å². The van der Waals surface area contributed by atoms with Crippen molar-refractivity contribution in [3.05, 3.63) is 53.3 Å². The molecule has 0 aliphatic heterocycles. The highest BCUT2D eigenvalue weighted by molar-refractivity contribution is 5.77. The first-order chi connectivity index (χ1) is 13.4. The SMILES string of the molecule is COCc1nc2cc(C(F)(F)F)ccc2n1CCc1ccc(OC)c(OC)c1. The standard InChI is InChI=1S/C20H21F3N2O3/c1-26-12-19-24-15-11-14(20(21,22)23)5-6-16(15)25(19)9-8-13-4-7-17(27-2)18(10-13)28-3/h4-7,10-11H,8-9,12H2,1-3H3. The number of nitrogens with zero attached hydrogens (tertiary/aromatic N) is 2. The van der Waals surface area contributed by atoms with Gasteiger partial charge in [0.2, 0.25) is 0 Å². The van der Waals surface area contributed by atoms with Crippen molar-refractivity contribution in [1.29, 1.82) is 0 Å². The third-order valence-corrected chi connectivity index (χ3v) is 4.50. The molecule has 0 aliphatic rings. The number of imidazole rings is 1. The minimum absolute atomic E-state index is 0.210. The smallest absolute Gasteiger partial charge is 0.416 e. The fourth-order valence-corrected chi connectivity index (χ4v) is 3.12. The lowest BCUT2D eigenvalue weighted by Gasteiger charge is -2.12. The van der Waals surface area contributed by atoms with Crippen LogP contribution in [0.1, 0.15) is 17.0 Å². The summed E-state index contributed by atoms with van der Waals surface area (Å²) >= 11 is 0. The van der Waals surface area contributed by atoms with Gasteiger partial charge in [-0.1, -0.05) is 6.07 Å².